The average Bonchev–Trinajstić information content (AvgIpc) is 3.32. The molecule has 1 saturated carbocycles. The number of pyridine rings is 1. The average molecular weight is 468 g/mol. The molecule has 31 heavy (non-hydrogen) atoms. The molecule has 4 nitrogen and oxygen atoms in total. The first-order chi connectivity index (χ1) is 14.8. The van der Waals surface area contributed by atoms with E-state index in [1.807, 2.05) is 6.92 Å². The van der Waals surface area contributed by atoms with Crippen LogP contribution in [0, 0.1) is 17.7 Å². The summed E-state index contributed by atoms with van der Waals surface area (Å²) in [5, 5.41) is 0.571. The number of fused-ring (bicyclic) bond motifs is 1. The maximum Gasteiger partial charge on any atom is 0.155 e. The molecule has 2 aromatic rings. The van der Waals surface area contributed by atoms with Crippen molar-refractivity contribution in [3.63, 3.8) is 0 Å². The molecule has 1 aliphatic carbocycles. The van der Waals surface area contributed by atoms with Gasteiger partial charge in [-0.1, -0.05) is 36.4 Å². The molecule has 9 heteroatoms. The van der Waals surface area contributed by atoms with E-state index in [4.69, 9.17) is 22.1 Å². The van der Waals surface area contributed by atoms with E-state index in [-0.39, 0.29) is 28.3 Å². The lowest BCUT2D eigenvalue weighted by Gasteiger charge is -2.35. The maximum atomic E-state index is 15.0. The van der Waals surface area contributed by atoms with Crippen LogP contribution in [0.15, 0.2) is 41.5 Å². The van der Waals surface area contributed by atoms with Gasteiger partial charge in [0.2, 0.25) is 0 Å². The monoisotopic (exact) mass is 467 g/mol. The Balaban J connectivity index is 1.78. The fraction of sp³-hybridized carbons (Fsp3) is 0.364. The van der Waals surface area contributed by atoms with Gasteiger partial charge < -0.3 is 10.5 Å². The lowest BCUT2D eigenvalue weighted by atomic mass is 9.83. The number of nitrogens with zero attached hydrogens (tertiary/aromatic N) is 2. The van der Waals surface area contributed by atoms with Gasteiger partial charge in [-0.05, 0) is 41.8 Å². The van der Waals surface area contributed by atoms with Crippen LogP contribution in [-0.4, -0.2) is 35.3 Å². The number of aliphatic imine (C=N–C) groups is 1. The first-order valence-corrected chi connectivity index (χ1v) is 10.9. The number of hydrogen-bond acceptors (Lipinski definition) is 5. The Hall–Kier alpha value is -2.03. The van der Waals surface area contributed by atoms with Crippen molar-refractivity contribution in [2.45, 2.75) is 17.2 Å². The van der Waals surface area contributed by atoms with Gasteiger partial charge in [0.15, 0.2) is 5.17 Å². The Labute approximate surface area is 187 Å². The van der Waals surface area contributed by atoms with Crippen LogP contribution in [0.4, 0.5) is 13.2 Å². The first-order valence-electron chi connectivity index (χ1n) is 9.66. The second-order valence-corrected chi connectivity index (χ2v) is 9.68. The van der Waals surface area contributed by atoms with Gasteiger partial charge in [-0.2, -0.15) is 0 Å². The van der Waals surface area contributed by atoms with E-state index in [0.717, 1.165) is 0 Å². The Bertz CT molecular complexity index is 1060. The highest BCUT2D eigenvalue weighted by Crippen LogP contribution is 2.69. The van der Waals surface area contributed by atoms with Crippen LogP contribution < -0.4 is 5.73 Å². The predicted molar refractivity (Wildman–Crippen MR) is 119 cm³/mol. The Morgan fingerprint density at radius 1 is 1.35 bits per heavy atom. The summed E-state index contributed by atoms with van der Waals surface area (Å²) in [6, 6.07) is 7.01. The quantitative estimate of drug-likeness (QED) is 0.632. The topological polar surface area (TPSA) is 60.5 Å². The summed E-state index contributed by atoms with van der Waals surface area (Å²) in [4.78, 5) is 8.34. The zero-order valence-electron chi connectivity index (χ0n) is 16.9. The zero-order chi connectivity index (χ0) is 22.4. The molecule has 0 spiro atoms. The summed E-state index contributed by atoms with van der Waals surface area (Å²) < 4.78 is 49.2. The second-order valence-electron chi connectivity index (χ2n) is 7.86. The normalized spacial score (nSPS) is 30.0. The van der Waals surface area contributed by atoms with E-state index in [1.54, 1.807) is 7.11 Å². The van der Waals surface area contributed by atoms with Crippen LogP contribution in [0.3, 0.4) is 0 Å². The number of halogens is 4. The number of rotatable bonds is 6. The van der Waals surface area contributed by atoms with Gasteiger partial charge in [0, 0.05) is 24.8 Å². The smallest absolute Gasteiger partial charge is 0.155 e. The number of amidine groups is 1. The molecule has 4 rings (SSSR count). The first kappa shape index (κ1) is 22.2. The maximum absolute atomic E-state index is 15.0. The summed E-state index contributed by atoms with van der Waals surface area (Å²) >= 11 is 7.14. The summed E-state index contributed by atoms with van der Waals surface area (Å²) in [7, 11) is 1.57. The van der Waals surface area contributed by atoms with Crippen molar-refractivity contribution in [3.05, 3.63) is 64.2 Å². The number of ether oxygens (including phenoxy) is 1. The predicted octanol–water partition coefficient (Wildman–Crippen LogP) is 5.22. The molecule has 1 aromatic heterocycles. The standard InChI is InChI=1S/C22H21ClF3N3OS/c1-12-19-21(10-24,29-20(27)31-22(12,19)11-30-2)15-7-13(3-5-16(15)25)8-17(26)18-6-4-14(23)9-28-18/h3-9,12,19H,10-11H2,1-2H3,(H2,27,29)/b17-8-/t12?,19?,21-,22+/m1/s1. The highest BCUT2D eigenvalue weighted by atomic mass is 35.5. The lowest BCUT2D eigenvalue weighted by molar-refractivity contribution is 0.176. The van der Waals surface area contributed by atoms with E-state index < -0.39 is 28.6 Å². The molecule has 2 aliphatic rings. The van der Waals surface area contributed by atoms with Crippen LogP contribution in [0.1, 0.15) is 23.7 Å². The Kier molecular flexibility index (Phi) is 5.83. The third-order valence-corrected chi connectivity index (χ3v) is 7.75. The summed E-state index contributed by atoms with van der Waals surface area (Å²) in [5.41, 5.74) is 5.06. The minimum atomic E-state index is -1.49. The van der Waals surface area contributed by atoms with Gasteiger partial charge in [0.1, 0.15) is 23.9 Å². The largest absolute Gasteiger partial charge is 0.383 e. The number of aromatic nitrogens is 1. The molecular weight excluding hydrogens is 447 g/mol. The number of thioether (sulfide) groups is 1. The number of alkyl halides is 1. The number of hydrogen-bond donors (Lipinski definition) is 1. The highest BCUT2D eigenvalue weighted by molar-refractivity contribution is 8.15. The van der Waals surface area contributed by atoms with Crippen molar-refractivity contribution < 1.29 is 17.9 Å². The third kappa shape index (κ3) is 3.64. The number of nitrogens with two attached hydrogens (primary N) is 1. The molecule has 1 aliphatic heterocycles. The van der Waals surface area contributed by atoms with E-state index in [9.17, 15) is 13.2 Å². The van der Waals surface area contributed by atoms with Crippen LogP contribution >= 0.6 is 23.4 Å². The van der Waals surface area contributed by atoms with Crippen molar-refractivity contribution in [2.75, 3.05) is 20.4 Å². The Morgan fingerprint density at radius 2 is 2.13 bits per heavy atom. The minimum Gasteiger partial charge on any atom is -0.383 e. The van der Waals surface area contributed by atoms with Crippen LogP contribution in [0.5, 0.6) is 0 Å². The molecule has 0 bridgehead atoms. The molecule has 0 radical (unpaired) electrons. The second kappa shape index (κ2) is 8.15. The molecule has 164 valence electrons. The molecule has 2 N–H and O–H groups in total. The molecule has 0 amide bonds. The minimum absolute atomic E-state index is 0.00611. The van der Waals surface area contributed by atoms with E-state index in [2.05, 4.69) is 9.98 Å². The fourth-order valence-electron chi connectivity index (χ4n) is 4.65. The van der Waals surface area contributed by atoms with Crippen molar-refractivity contribution in [1.82, 2.24) is 4.98 Å². The third-order valence-electron chi connectivity index (χ3n) is 6.10. The molecule has 2 heterocycles. The van der Waals surface area contributed by atoms with Crippen LogP contribution in [0.2, 0.25) is 5.02 Å². The molecule has 0 saturated heterocycles. The van der Waals surface area contributed by atoms with Gasteiger partial charge in [-0.25, -0.2) is 18.2 Å². The lowest BCUT2D eigenvalue weighted by Crippen LogP contribution is -2.41. The fourth-order valence-corrected chi connectivity index (χ4v) is 6.31. The van der Waals surface area contributed by atoms with Gasteiger partial charge in [0.25, 0.3) is 0 Å². The SMILES string of the molecule is COC[C@@]12SC(N)=N[C@](CF)(c3cc(/C=C(\F)c4ccc(Cl)cn4)ccc3F)C1C2C. The molecular formula is C22H21ClF3N3OS. The van der Waals surface area contributed by atoms with Gasteiger partial charge in [-0.15, -0.1) is 0 Å². The van der Waals surface area contributed by atoms with E-state index in [0.29, 0.717) is 17.2 Å². The molecule has 4 atom stereocenters. The summed E-state index contributed by atoms with van der Waals surface area (Å²) in [6.07, 6.45) is 2.55. The highest BCUT2D eigenvalue weighted by Gasteiger charge is 2.73. The van der Waals surface area contributed by atoms with Crippen molar-refractivity contribution in [3.8, 4) is 0 Å². The molecule has 2 unspecified atom stereocenters. The van der Waals surface area contributed by atoms with Crippen molar-refractivity contribution in [1.29, 1.82) is 0 Å². The van der Waals surface area contributed by atoms with Gasteiger partial charge in [0.05, 0.1) is 22.1 Å². The molecule has 1 aromatic carbocycles. The van der Waals surface area contributed by atoms with Gasteiger partial charge >= 0.3 is 0 Å². The van der Waals surface area contributed by atoms with Crippen molar-refractivity contribution in [2.24, 2.45) is 22.6 Å². The van der Waals surface area contributed by atoms with Gasteiger partial charge in [-0.3, -0.25) is 4.98 Å². The van der Waals surface area contributed by atoms with Crippen LogP contribution in [-0.2, 0) is 10.3 Å². The van der Waals surface area contributed by atoms with Crippen LogP contribution in [0.25, 0.3) is 11.9 Å². The van der Waals surface area contributed by atoms with Crippen molar-refractivity contribution >= 4 is 40.4 Å². The summed E-state index contributed by atoms with van der Waals surface area (Å²) in [5.74, 6) is -1.54. The number of benzene rings is 1. The van der Waals surface area contributed by atoms with E-state index >= 15 is 0 Å². The van der Waals surface area contributed by atoms with E-state index in [1.165, 1.54) is 54.4 Å². The zero-order valence-corrected chi connectivity index (χ0v) is 18.5. The Morgan fingerprint density at radius 3 is 2.77 bits per heavy atom. The summed E-state index contributed by atoms with van der Waals surface area (Å²) in [6.45, 7) is 1.38. The molecule has 1 fully saturated rings. The number of methoxy groups -OCH3 is 1.